The van der Waals surface area contributed by atoms with Crippen LogP contribution in [0.4, 0.5) is 0 Å². The molecule has 1 aliphatic carbocycles. The number of nitrogens with two attached hydrogens (primary N) is 1. The number of hydrogen-bond acceptors (Lipinski definition) is 5. The number of benzene rings is 1. The molecule has 7 heteroatoms. The first-order valence-electron chi connectivity index (χ1n) is 14.5. The smallest absolute Gasteiger partial charge is 0.242 e. The highest BCUT2D eigenvalue weighted by Gasteiger charge is 2.29. The Hall–Kier alpha value is -2.93. The van der Waals surface area contributed by atoms with Crippen molar-refractivity contribution in [2.45, 2.75) is 90.2 Å². The summed E-state index contributed by atoms with van der Waals surface area (Å²) in [4.78, 5) is 30.3. The Morgan fingerprint density at radius 3 is 2.32 bits per heavy atom. The average molecular weight is 523 g/mol. The van der Waals surface area contributed by atoms with Gasteiger partial charge in [0.1, 0.15) is 18.4 Å². The minimum Gasteiger partial charge on any atom is -0.489 e. The van der Waals surface area contributed by atoms with Crippen molar-refractivity contribution in [2.75, 3.05) is 13.1 Å². The fourth-order valence-corrected chi connectivity index (χ4v) is 5.00. The molecule has 38 heavy (non-hydrogen) atoms. The zero-order chi connectivity index (χ0) is 27.0. The molecule has 0 unspecified atom stereocenters. The highest BCUT2D eigenvalue weighted by molar-refractivity contribution is 5.88. The number of pyridine rings is 1. The van der Waals surface area contributed by atoms with Crippen LogP contribution in [0.15, 0.2) is 48.8 Å². The van der Waals surface area contributed by atoms with Gasteiger partial charge in [0, 0.05) is 31.3 Å². The van der Waals surface area contributed by atoms with Crippen LogP contribution in [0.25, 0.3) is 0 Å². The van der Waals surface area contributed by atoms with Gasteiger partial charge >= 0.3 is 0 Å². The van der Waals surface area contributed by atoms with Gasteiger partial charge < -0.3 is 21.1 Å². The first-order valence-corrected chi connectivity index (χ1v) is 14.5. The number of rotatable bonds is 16. The number of nitrogens with zero attached hydrogens (tertiary/aromatic N) is 1. The van der Waals surface area contributed by atoms with E-state index >= 15 is 0 Å². The molecule has 1 heterocycles. The number of carbonyl (C=O) groups is 2. The molecule has 2 amide bonds. The molecular formula is C31H46N4O3. The van der Waals surface area contributed by atoms with Gasteiger partial charge in [-0.05, 0) is 80.0 Å². The largest absolute Gasteiger partial charge is 0.489 e. The molecule has 2 aromatic rings. The maximum Gasteiger partial charge on any atom is 0.242 e. The Kier molecular flexibility index (Phi) is 13.1. The van der Waals surface area contributed by atoms with Crippen LogP contribution >= 0.6 is 0 Å². The molecule has 0 spiro atoms. The van der Waals surface area contributed by atoms with Crippen molar-refractivity contribution < 1.29 is 14.3 Å². The van der Waals surface area contributed by atoms with Crippen LogP contribution in [0.2, 0.25) is 0 Å². The number of hydrogen-bond donors (Lipinski definition) is 3. The summed E-state index contributed by atoms with van der Waals surface area (Å²) in [5.41, 5.74) is 7.85. The molecule has 4 N–H and O–H groups in total. The van der Waals surface area contributed by atoms with Gasteiger partial charge in [0.05, 0.1) is 0 Å². The molecule has 1 saturated carbocycles. The molecule has 0 saturated heterocycles. The minimum atomic E-state index is -0.599. The molecule has 3 rings (SSSR count). The molecule has 1 aromatic heterocycles. The van der Waals surface area contributed by atoms with E-state index in [1.165, 1.54) is 25.7 Å². The first kappa shape index (κ1) is 29.6. The number of unbranched alkanes of at least 4 members (excludes halogenated alkanes) is 5. The van der Waals surface area contributed by atoms with Gasteiger partial charge in [-0.25, -0.2) is 0 Å². The minimum absolute atomic E-state index is 0.0162. The zero-order valence-electron chi connectivity index (χ0n) is 23.0. The monoisotopic (exact) mass is 522 g/mol. The topological polar surface area (TPSA) is 106 Å². The van der Waals surface area contributed by atoms with Gasteiger partial charge in [-0.15, -0.1) is 0 Å². The van der Waals surface area contributed by atoms with Gasteiger partial charge in [0.2, 0.25) is 11.8 Å². The van der Waals surface area contributed by atoms with E-state index in [2.05, 4.69) is 22.5 Å². The van der Waals surface area contributed by atoms with E-state index in [-0.39, 0.29) is 17.7 Å². The summed E-state index contributed by atoms with van der Waals surface area (Å²) in [6.07, 6.45) is 14.6. The van der Waals surface area contributed by atoms with Crippen molar-refractivity contribution in [1.29, 1.82) is 0 Å². The second kappa shape index (κ2) is 16.8. The molecular weight excluding hydrogens is 476 g/mol. The summed E-state index contributed by atoms with van der Waals surface area (Å²) in [6.45, 7) is 4.00. The van der Waals surface area contributed by atoms with Crippen LogP contribution in [0.5, 0.6) is 5.75 Å². The van der Waals surface area contributed by atoms with E-state index in [1.54, 1.807) is 12.4 Å². The molecule has 1 fully saturated rings. The fraction of sp³-hybridized carbons (Fsp3) is 0.581. The lowest BCUT2D eigenvalue weighted by Crippen LogP contribution is -2.50. The number of ether oxygens (including phenoxy) is 1. The van der Waals surface area contributed by atoms with Gasteiger partial charge in [-0.3, -0.25) is 14.6 Å². The zero-order valence-corrected chi connectivity index (χ0v) is 23.0. The maximum absolute atomic E-state index is 13.2. The van der Waals surface area contributed by atoms with Crippen molar-refractivity contribution in [2.24, 2.45) is 17.6 Å². The number of nitrogens with one attached hydrogen (secondary N) is 2. The Morgan fingerprint density at radius 1 is 0.947 bits per heavy atom. The van der Waals surface area contributed by atoms with Crippen molar-refractivity contribution in [3.8, 4) is 5.75 Å². The first-order chi connectivity index (χ1) is 18.6. The molecule has 1 aromatic carbocycles. The SMILES string of the molecule is CCCCCCCCNC(=O)[C@H](Cc1ccc(OCc2ccncc2)cc1)NC(=O)C1CCC(CN)CC1. The molecule has 0 bridgehead atoms. The van der Waals surface area contributed by atoms with Crippen molar-refractivity contribution in [1.82, 2.24) is 15.6 Å². The van der Waals surface area contributed by atoms with E-state index in [0.29, 0.717) is 32.0 Å². The average Bonchev–Trinajstić information content (AvgIpc) is 2.96. The number of aromatic nitrogens is 1. The van der Waals surface area contributed by atoms with Crippen LogP contribution in [0.1, 0.15) is 82.3 Å². The second-order valence-corrected chi connectivity index (χ2v) is 10.6. The Morgan fingerprint density at radius 2 is 1.63 bits per heavy atom. The van der Waals surface area contributed by atoms with Crippen molar-refractivity contribution >= 4 is 11.8 Å². The van der Waals surface area contributed by atoms with E-state index in [0.717, 1.165) is 55.4 Å². The highest BCUT2D eigenvalue weighted by Crippen LogP contribution is 2.28. The van der Waals surface area contributed by atoms with Gasteiger partial charge in [-0.1, -0.05) is 51.2 Å². The molecule has 1 aliphatic rings. The summed E-state index contributed by atoms with van der Waals surface area (Å²) in [5.74, 6) is 1.10. The third kappa shape index (κ3) is 10.4. The summed E-state index contributed by atoms with van der Waals surface area (Å²) in [7, 11) is 0. The van der Waals surface area contributed by atoms with Crippen LogP contribution in [0.3, 0.4) is 0 Å². The number of amides is 2. The van der Waals surface area contributed by atoms with E-state index in [9.17, 15) is 9.59 Å². The standard InChI is InChI=1S/C31H46N4O3/c1-2-3-4-5-6-7-18-34-31(37)29(35-30(36)27-12-8-25(22-32)9-13-27)21-24-10-14-28(15-11-24)38-23-26-16-19-33-20-17-26/h10-11,14-17,19-20,25,27,29H,2-9,12-13,18,21-23,32H2,1H3,(H,34,37)(H,35,36)/t25?,27?,29-/m0/s1. The van der Waals surface area contributed by atoms with Gasteiger partial charge in [0.25, 0.3) is 0 Å². The summed E-state index contributed by atoms with van der Waals surface area (Å²) in [5, 5.41) is 6.15. The molecule has 0 radical (unpaired) electrons. The fourth-order valence-electron chi connectivity index (χ4n) is 5.00. The third-order valence-corrected chi connectivity index (χ3v) is 7.53. The predicted octanol–water partition coefficient (Wildman–Crippen LogP) is 4.93. The Bertz CT molecular complexity index is 943. The normalized spacial score (nSPS) is 17.9. The second-order valence-electron chi connectivity index (χ2n) is 10.6. The van der Waals surface area contributed by atoms with Crippen molar-refractivity contribution in [3.63, 3.8) is 0 Å². The summed E-state index contributed by atoms with van der Waals surface area (Å²) < 4.78 is 5.88. The summed E-state index contributed by atoms with van der Waals surface area (Å²) in [6, 6.07) is 11.0. The van der Waals surface area contributed by atoms with Crippen LogP contribution < -0.4 is 21.1 Å². The van der Waals surface area contributed by atoms with Gasteiger partial charge in [0.15, 0.2) is 0 Å². The molecule has 7 nitrogen and oxygen atoms in total. The van der Waals surface area contributed by atoms with Crippen molar-refractivity contribution in [3.05, 3.63) is 59.9 Å². The van der Waals surface area contributed by atoms with E-state index in [4.69, 9.17) is 10.5 Å². The lowest BCUT2D eigenvalue weighted by Gasteiger charge is -2.28. The Labute approximate surface area is 228 Å². The number of carbonyl (C=O) groups excluding carboxylic acids is 2. The predicted molar refractivity (Wildman–Crippen MR) is 152 cm³/mol. The summed E-state index contributed by atoms with van der Waals surface area (Å²) >= 11 is 0. The van der Waals surface area contributed by atoms with E-state index < -0.39 is 6.04 Å². The quantitative estimate of drug-likeness (QED) is 0.271. The lowest BCUT2D eigenvalue weighted by atomic mass is 9.81. The maximum atomic E-state index is 13.2. The van der Waals surface area contributed by atoms with Gasteiger partial charge in [-0.2, -0.15) is 0 Å². The highest BCUT2D eigenvalue weighted by atomic mass is 16.5. The van der Waals surface area contributed by atoms with Crippen LogP contribution in [-0.2, 0) is 22.6 Å². The van der Waals surface area contributed by atoms with E-state index in [1.807, 2.05) is 36.4 Å². The molecule has 1 atom stereocenters. The Balaban J connectivity index is 1.55. The van der Waals surface area contributed by atoms with Crippen LogP contribution in [0, 0.1) is 11.8 Å². The molecule has 208 valence electrons. The van der Waals surface area contributed by atoms with Crippen LogP contribution in [-0.4, -0.2) is 35.9 Å². The lowest BCUT2D eigenvalue weighted by molar-refractivity contribution is -0.131. The molecule has 0 aliphatic heterocycles. The third-order valence-electron chi connectivity index (χ3n) is 7.53.